The highest BCUT2D eigenvalue weighted by Crippen LogP contribution is 2.29. The third kappa shape index (κ3) is 4.61. The molecule has 3 aromatic heterocycles. The number of pyridine rings is 1. The Morgan fingerprint density at radius 1 is 1.08 bits per heavy atom. The number of halogens is 1. The summed E-state index contributed by atoms with van der Waals surface area (Å²) in [6.45, 7) is 3.68. The van der Waals surface area contributed by atoms with E-state index < -0.39 is 11.5 Å². The first-order chi connectivity index (χ1) is 18.0. The zero-order valence-corrected chi connectivity index (χ0v) is 20.3. The molecule has 0 saturated carbocycles. The molecule has 186 valence electrons. The fourth-order valence-electron chi connectivity index (χ4n) is 4.42. The number of hydrogen-bond acceptors (Lipinski definition) is 6. The quantitative estimate of drug-likeness (QED) is 0.321. The van der Waals surface area contributed by atoms with E-state index in [0.717, 1.165) is 34.4 Å². The van der Waals surface area contributed by atoms with Gasteiger partial charge in [-0.1, -0.05) is 43.7 Å². The number of carbonyl (C=O) groups excluding carboxylic acids is 1. The van der Waals surface area contributed by atoms with Gasteiger partial charge in [0.1, 0.15) is 5.82 Å². The topological polar surface area (TPSA) is 111 Å². The van der Waals surface area contributed by atoms with Gasteiger partial charge in [0.15, 0.2) is 5.78 Å². The Balaban J connectivity index is 1.51. The number of tetrazole rings is 1. The van der Waals surface area contributed by atoms with E-state index in [1.54, 1.807) is 23.2 Å². The van der Waals surface area contributed by atoms with Crippen LogP contribution in [0.15, 0.2) is 71.9 Å². The van der Waals surface area contributed by atoms with E-state index in [4.69, 9.17) is 0 Å². The SMILES string of the molecule is CCCc1cn(-c2c(F)cccc2C(C)=O)c(=O)n1Cc1ccc(-c2cnccc2-c2nn[nH]n2)cc1. The molecule has 0 amide bonds. The molecule has 9 nitrogen and oxygen atoms in total. The molecule has 37 heavy (non-hydrogen) atoms. The van der Waals surface area contributed by atoms with Crippen LogP contribution in [0.4, 0.5) is 4.39 Å². The minimum absolute atomic E-state index is 0.0166. The summed E-state index contributed by atoms with van der Waals surface area (Å²) in [5, 5.41) is 14.2. The van der Waals surface area contributed by atoms with Gasteiger partial charge in [-0.3, -0.25) is 18.9 Å². The van der Waals surface area contributed by atoms with Gasteiger partial charge in [-0.05, 0) is 47.9 Å². The molecule has 5 rings (SSSR count). The Morgan fingerprint density at radius 2 is 1.89 bits per heavy atom. The molecular formula is C27H24FN7O2. The van der Waals surface area contributed by atoms with Crippen LogP contribution < -0.4 is 5.69 Å². The number of nitrogens with zero attached hydrogens (tertiary/aromatic N) is 6. The van der Waals surface area contributed by atoms with Crippen molar-refractivity contribution in [3.63, 3.8) is 0 Å². The maximum atomic E-state index is 14.8. The van der Waals surface area contributed by atoms with Crippen molar-refractivity contribution in [2.45, 2.75) is 33.2 Å². The second-order valence-corrected chi connectivity index (χ2v) is 8.65. The van der Waals surface area contributed by atoms with Gasteiger partial charge in [-0.2, -0.15) is 5.21 Å². The van der Waals surface area contributed by atoms with Crippen LogP contribution in [0.2, 0.25) is 0 Å². The fourth-order valence-corrected chi connectivity index (χ4v) is 4.42. The number of aryl methyl sites for hydroxylation is 1. The lowest BCUT2D eigenvalue weighted by atomic mass is 10.0. The summed E-state index contributed by atoms with van der Waals surface area (Å²) in [4.78, 5) is 29.9. The molecule has 0 aliphatic carbocycles. The number of Topliss-reactive ketones (excluding diaryl/α,β-unsaturated/α-hetero) is 1. The van der Waals surface area contributed by atoms with Gasteiger partial charge >= 0.3 is 5.69 Å². The highest BCUT2D eigenvalue weighted by molar-refractivity contribution is 5.97. The second kappa shape index (κ2) is 10.1. The predicted octanol–water partition coefficient (Wildman–Crippen LogP) is 4.22. The summed E-state index contributed by atoms with van der Waals surface area (Å²) in [5.41, 5.74) is 3.97. The smallest absolute Gasteiger partial charge is 0.294 e. The predicted molar refractivity (Wildman–Crippen MR) is 136 cm³/mol. The number of hydrogen-bond donors (Lipinski definition) is 1. The van der Waals surface area contributed by atoms with E-state index >= 15 is 0 Å². The number of ketones is 1. The summed E-state index contributed by atoms with van der Waals surface area (Å²) in [6, 6.07) is 13.8. The molecule has 2 aromatic carbocycles. The van der Waals surface area contributed by atoms with Crippen molar-refractivity contribution in [1.29, 1.82) is 0 Å². The lowest BCUT2D eigenvalue weighted by Crippen LogP contribution is -2.26. The molecule has 0 aliphatic rings. The molecule has 0 aliphatic heterocycles. The zero-order chi connectivity index (χ0) is 25.9. The first-order valence-corrected chi connectivity index (χ1v) is 11.9. The van der Waals surface area contributed by atoms with Gasteiger partial charge < -0.3 is 0 Å². The third-order valence-corrected chi connectivity index (χ3v) is 6.19. The number of aromatic amines is 1. The summed E-state index contributed by atoms with van der Waals surface area (Å²) in [5.74, 6) is -0.456. The Bertz CT molecular complexity index is 1620. The van der Waals surface area contributed by atoms with Crippen molar-refractivity contribution in [2.75, 3.05) is 0 Å². The average Bonchev–Trinajstić information content (AvgIpc) is 3.54. The number of imidazole rings is 1. The molecule has 0 fully saturated rings. The summed E-state index contributed by atoms with van der Waals surface area (Å²) >= 11 is 0. The van der Waals surface area contributed by atoms with E-state index in [9.17, 15) is 14.0 Å². The van der Waals surface area contributed by atoms with Crippen molar-refractivity contribution in [3.8, 4) is 28.2 Å². The van der Waals surface area contributed by atoms with Crippen molar-refractivity contribution >= 4 is 5.78 Å². The minimum atomic E-state index is -0.617. The van der Waals surface area contributed by atoms with Crippen molar-refractivity contribution in [2.24, 2.45) is 0 Å². The van der Waals surface area contributed by atoms with Crippen LogP contribution in [-0.4, -0.2) is 40.5 Å². The van der Waals surface area contributed by atoms with Gasteiger partial charge in [-0.25, -0.2) is 9.18 Å². The first kappa shape index (κ1) is 24.0. The maximum Gasteiger partial charge on any atom is 0.333 e. The van der Waals surface area contributed by atoms with Gasteiger partial charge in [-0.15, -0.1) is 10.2 Å². The molecule has 0 unspecified atom stereocenters. The number of aromatic nitrogens is 7. The lowest BCUT2D eigenvalue weighted by Gasteiger charge is -2.10. The standard InChI is InChI=1S/C27H24FN7O2/c1-3-5-20-16-35(25-21(17(2)36)6-4-7-24(25)28)27(37)34(20)15-18-8-10-19(11-9-18)23-14-29-13-12-22(23)26-30-32-33-31-26/h4,6-14,16H,3,5,15H2,1-2H3,(H,30,31,32,33). The Hall–Kier alpha value is -4.73. The monoisotopic (exact) mass is 497 g/mol. The van der Waals surface area contributed by atoms with Gasteiger partial charge in [0.2, 0.25) is 5.82 Å². The van der Waals surface area contributed by atoms with Gasteiger partial charge in [0, 0.05) is 41.0 Å². The molecule has 0 atom stereocenters. The second-order valence-electron chi connectivity index (χ2n) is 8.65. The largest absolute Gasteiger partial charge is 0.333 e. The average molecular weight is 498 g/mol. The van der Waals surface area contributed by atoms with E-state index in [2.05, 4.69) is 25.6 Å². The number of rotatable bonds is 8. The van der Waals surface area contributed by atoms with Crippen molar-refractivity contribution in [1.82, 2.24) is 34.7 Å². The molecule has 0 radical (unpaired) electrons. The van der Waals surface area contributed by atoms with Crippen LogP contribution in [0.25, 0.3) is 28.2 Å². The Labute approximate surface area is 211 Å². The van der Waals surface area contributed by atoms with Crippen LogP contribution in [-0.2, 0) is 13.0 Å². The van der Waals surface area contributed by atoms with Crippen molar-refractivity contribution in [3.05, 3.63) is 100 Å². The lowest BCUT2D eigenvalue weighted by molar-refractivity contribution is 0.101. The summed E-state index contributed by atoms with van der Waals surface area (Å²) in [6.07, 6.45) is 6.49. The van der Waals surface area contributed by atoms with Crippen LogP contribution in [0.1, 0.15) is 41.9 Å². The number of carbonyl (C=O) groups is 1. The van der Waals surface area contributed by atoms with E-state index in [0.29, 0.717) is 18.8 Å². The van der Waals surface area contributed by atoms with Crippen molar-refractivity contribution < 1.29 is 9.18 Å². The highest BCUT2D eigenvalue weighted by Gasteiger charge is 2.20. The number of benzene rings is 2. The molecule has 0 bridgehead atoms. The Kier molecular flexibility index (Phi) is 6.55. The van der Waals surface area contributed by atoms with E-state index in [1.807, 2.05) is 37.3 Å². The number of para-hydroxylation sites is 1. The summed E-state index contributed by atoms with van der Waals surface area (Å²) < 4.78 is 17.7. The minimum Gasteiger partial charge on any atom is -0.294 e. The molecule has 5 aromatic rings. The normalized spacial score (nSPS) is 11.1. The van der Waals surface area contributed by atoms with Crippen LogP contribution in [0.5, 0.6) is 0 Å². The number of H-pyrrole nitrogens is 1. The zero-order valence-electron chi connectivity index (χ0n) is 20.3. The van der Waals surface area contributed by atoms with E-state index in [-0.39, 0.29) is 17.0 Å². The molecule has 3 heterocycles. The fraction of sp³-hybridized carbons (Fsp3) is 0.185. The molecular weight excluding hydrogens is 473 g/mol. The van der Waals surface area contributed by atoms with E-state index in [1.165, 1.54) is 29.7 Å². The van der Waals surface area contributed by atoms with Gasteiger partial charge in [0.05, 0.1) is 12.2 Å². The molecule has 10 heteroatoms. The maximum absolute atomic E-state index is 14.8. The third-order valence-electron chi connectivity index (χ3n) is 6.19. The Morgan fingerprint density at radius 3 is 2.59 bits per heavy atom. The van der Waals surface area contributed by atoms with Gasteiger partial charge in [0.25, 0.3) is 0 Å². The van der Waals surface area contributed by atoms with Crippen LogP contribution >= 0.6 is 0 Å². The molecule has 0 spiro atoms. The number of nitrogens with one attached hydrogen (secondary N) is 1. The first-order valence-electron chi connectivity index (χ1n) is 11.9. The summed E-state index contributed by atoms with van der Waals surface area (Å²) in [7, 11) is 0. The molecule has 1 N–H and O–H groups in total. The van der Waals surface area contributed by atoms with Crippen LogP contribution in [0.3, 0.4) is 0 Å². The molecule has 0 saturated heterocycles. The van der Waals surface area contributed by atoms with Crippen LogP contribution in [0, 0.1) is 5.82 Å². The highest BCUT2D eigenvalue weighted by atomic mass is 19.1.